The van der Waals surface area contributed by atoms with E-state index in [-0.39, 0.29) is 279 Å². The first-order valence-electron chi connectivity index (χ1n) is 0. The van der Waals surface area contributed by atoms with E-state index in [0.717, 1.165) is 0 Å². The molecule has 0 spiro atoms. The van der Waals surface area contributed by atoms with Crippen LogP contribution in [0.3, 0.4) is 0 Å². The van der Waals surface area contributed by atoms with E-state index in [2.05, 4.69) is 0 Å². The summed E-state index contributed by atoms with van der Waals surface area (Å²) < 4.78 is 0. The molecule has 0 aromatic carbocycles. The normalized spacial score (nSPS) is 0. The van der Waals surface area contributed by atoms with Gasteiger partial charge in [0, 0.05) is 147 Å². The van der Waals surface area contributed by atoms with Gasteiger partial charge in [0.1, 0.15) is 0 Å². The zero-order chi connectivity index (χ0) is 0. The van der Waals surface area contributed by atoms with Crippen LogP contribution in [0.15, 0.2) is 0 Å². The van der Waals surface area contributed by atoms with Gasteiger partial charge in [-0.3, -0.25) is 0 Å². The summed E-state index contributed by atoms with van der Waals surface area (Å²) in [7, 11) is 0. The Bertz CT molecular complexity index is 23.9. The molecule has 0 atom stereocenters. The van der Waals surface area contributed by atoms with E-state index in [0.29, 0.717) is 0 Å². The van der Waals surface area contributed by atoms with E-state index in [1.165, 1.54) is 0 Å². The third kappa shape index (κ3) is 2310. The maximum absolute atomic E-state index is 0. The Morgan fingerprint density at radius 2 is 0.0968 bits per heavy atom. The summed E-state index contributed by atoms with van der Waals surface area (Å²) in [5.74, 6) is 0. The predicted octanol–water partition coefficient (Wildman–Crippen LogP) is -15.9. The van der Waals surface area contributed by atoms with Crippen molar-refractivity contribution in [2.45, 2.75) is 0 Å². The van der Waals surface area contributed by atoms with Crippen LogP contribution in [0.2, 0.25) is 0 Å². The Kier molecular flexibility index (Phi) is 213000. The average Bonchev–Trinajstić information content (AvgIpc) is 0. The van der Waals surface area contributed by atoms with Crippen molar-refractivity contribution < 1.29 is 279 Å². The third-order valence-corrected chi connectivity index (χ3v) is 0. The van der Waals surface area contributed by atoms with Gasteiger partial charge in [-0.05, 0) is 0 Å². The van der Waals surface area contributed by atoms with E-state index in [1.54, 1.807) is 0 Å². The quantitative estimate of drug-likeness (QED) is 0.212. The van der Waals surface area contributed by atoms with E-state index < -0.39 is 0 Å². The van der Waals surface area contributed by atoms with E-state index in [1.807, 2.05) is 0 Å². The Balaban J connectivity index is 0. The Labute approximate surface area is 276 Å². The molecule has 0 fully saturated rings. The second kappa shape index (κ2) is 2460. The SMILES string of the molecule is O.O.O.O.O.O.O.O.O.O.O.O.O.O.O.O.O.O.[Mo].[Mo].[Mo].[Mo].[Mo].[Mo].[Mo].[OH-].[OH-].[OH-].[OH-].[OH-].[OH-]. The van der Waals surface area contributed by atoms with Crippen LogP contribution < -0.4 is 0 Å². The van der Waals surface area contributed by atoms with E-state index in [4.69, 9.17) is 0 Å². The minimum atomic E-state index is 0. The van der Waals surface area contributed by atoms with Crippen molar-refractivity contribution in [3.63, 3.8) is 0 Å². The molecule has 0 saturated heterocycles. The zero-order valence-corrected chi connectivity index (χ0v) is 28.6. The van der Waals surface area contributed by atoms with Crippen LogP contribution in [0.25, 0.3) is 0 Å². The maximum Gasteiger partial charge on any atom is 0 e. The molecular formula is H42Mo7O24-6. The second-order valence-corrected chi connectivity index (χ2v) is 0. The summed E-state index contributed by atoms with van der Waals surface area (Å²) in [5, 5.41) is 0. The summed E-state index contributed by atoms with van der Waals surface area (Å²) in [6.07, 6.45) is 0. The number of hydrogen-bond donors (Lipinski definition) is 0. The standard InChI is InChI=1S/7Mo.24H2O/h;;;;;;;24*1H2/p-6. The molecule has 0 aliphatic carbocycles. The molecule has 0 heterocycles. The Morgan fingerprint density at radius 3 is 0.0968 bits per heavy atom. The fraction of sp³-hybridized carbons (Fsp3) is 0. The van der Waals surface area contributed by atoms with Gasteiger partial charge in [-0.25, -0.2) is 0 Å². The van der Waals surface area contributed by atoms with Crippen LogP contribution in [0.1, 0.15) is 0 Å². The van der Waals surface area contributed by atoms with Gasteiger partial charge < -0.3 is 131 Å². The third-order valence-electron chi connectivity index (χ3n) is 0. The Morgan fingerprint density at radius 1 is 0.0968 bits per heavy atom. The van der Waals surface area contributed by atoms with Crippen molar-refractivity contribution in [1.82, 2.24) is 0 Å². The molecule has 0 aromatic heterocycles. The monoisotopic (exact) mass is 1110 g/mol. The molecule has 42 N–H and O–H groups in total. The van der Waals surface area contributed by atoms with Gasteiger partial charge >= 0.3 is 0 Å². The molecule has 24 nitrogen and oxygen atoms in total. The van der Waals surface area contributed by atoms with E-state index >= 15 is 0 Å². The minimum Gasteiger partial charge on any atom is -0.870 e. The molecule has 0 aliphatic rings. The van der Waals surface area contributed by atoms with Crippen LogP contribution >= 0.6 is 0 Å². The topological polar surface area (TPSA) is 747 Å². The zero-order valence-electron chi connectivity index (χ0n) is 14.5. The summed E-state index contributed by atoms with van der Waals surface area (Å²) in [4.78, 5) is 0. The first-order chi connectivity index (χ1) is 0. The summed E-state index contributed by atoms with van der Waals surface area (Å²) in [6, 6.07) is 0. The summed E-state index contributed by atoms with van der Waals surface area (Å²) in [5.41, 5.74) is 0. The first-order valence-corrected chi connectivity index (χ1v) is 0. The van der Waals surface area contributed by atoms with Gasteiger partial charge in [0.15, 0.2) is 0 Å². The van der Waals surface area contributed by atoms with Crippen molar-refractivity contribution in [2.75, 3.05) is 0 Å². The molecule has 0 aliphatic heterocycles. The van der Waals surface area contributed by atoms with Crippen LogP contribution in [-0.2, 0) is 147 Å². The van der Waals surface area contributed by atoms with Gasteiger partial charge in [-0.15, -0.1) is 0 Å². The van der Waals surface area contributed by atoms with Gasteiger partial charge in [0.2, 0.25) is 0 Å². The smallest absolute Gasteiger partial charge is 0 e. The second-order valence-electron chi connectivity index (χ2n) is 0. The molecule has 0 rings (SSSR count). The van der Waals surface area contributed by atoms with Crippen molar-refractivity contribution in [2.24, 2.45) is 0 Å². The molecule has 0 unspecified atom stereocenters. The van der Waals surface area contributed by atoms with Crippen LogP contribution in [0.4, 0.5) is 0 Å². The largest absolute Gasteiger partial charge is 0.870 e. The average molecular weight is 1100 g/mol. The maximum atomic E-state index is 0. The molecule has 0 bridgehead atoms. The number of rotatable bonds is 0. The first kappa shape index (κ1) is 2680. The summed E-state index contributed by atoms with van der Waals surface area (Å²) in [6.45, 7) is 0. The van der Waals surface area contributed by atoms with Crippen molar-refractivity contribution in [3.05, 3.63) is 0 Å². The summed E-state index contributed by atoms with van der Waals surface area (Å²) >= 11 is 0. The molecular weight excluding hydrogens is 1060 g/mol. The van der Waals surface area contributed by atoms with Gasteiger partial charge in [-0.2, -0.15) is 0 Å². The van der Waals surface area contributed by atoms with Crippen molar-refractivity contribution in [3.8, 4) is 0 Å². The minimum absolute atomic E-state index is 0. The van der Waals surface area contributed by atoms with Crippen molar-refractivity contribution in [1.29, 1.82) is 0 Å². The fourth-order valence-corrected chi connectivity index (χ4v) is 0. The number of hydrogen-bond acceptors (Lipinski definition) is 6. The van der Waals surface area contributed by atoms with Gasteiger partial charge in [-0.1, -0.05) is 0 Å². The van der Waals surface area contributed by atoms with Crippen LogP contribution in [0, 0.1) is 0 Å². The van der Waals surface area contributed by atoms with Gasteiger partial charge in [0.25, 0.3) is 0 Å². The molecule has 31 heavy (non-hydrogen) atoms. The molecule has 0 aromatic rings. The fourth-order valence-electron chi connectivity index (χ4n) is 0. The van der Waals surface area contributed by atoms with Crippen LogP contribution in [0.5, 0.6) is 0 Å². The molecule has 31 heteroatoms. The van der Waals surface area contributed by atoms with Crippen LogP contribution in [-0.4, -0.2) is 131 Å². The molecule has 0 amide bonds. The Hall–Kier alpha value is 3.86. The van der Waals surface area contributed by atoms with E-state index in [9.17, 15) is 0 Å². The molecule has 234 valence electrons. The molecule has 0 saturated carbocycles. The van der Waals surface area contributed by atoms with Gasteiger partial charge in [0.05, 0.1) is 0 Å². The molecule has 0 radical (unpaired) electrons. The van der Waals surface area contributed by atoms with Crippen molar-refractivity contribution >= 4 is 0 Å². The predicted molar refractivity (Wildman–Crippen MR) is 76.7 cm³/mol.